The summed E-state index contributed by atoms with van der Waals surface area (Å²) in [5.41, 5.74) is 0.00458. The van der Waals surface area contributed by atoms with E-state index in [0.29, 0.717) is 0 Å². The van der Waals surface area contributed by atoms with Crippen molar-refractivity contribution in [2.75, 3.05) is 14.2 Å². The van der Waals surface area contributed by atoms with Gasteiger partial charge in [-0.3, -0.25) is 4.79 Å². The molecule has 0 fully saturated rings. The molecule has 0 radical (unpaired) electrons. The highest BCUT2D eigenvalue weighted by molar-refractivity contribution is 5.99. The van der Waals surface area contributed by atoms with E-state index in [4.69, 9.17) is 9.84 Å². The van der Waals surface area contributed by atoms with Crippen LogP contribution < -0.4 is 4.74 Å². The minimum atomic E-state index is -1.12. The van der Waals surface area contributed by atoms with Gasteiger partial charge >= 0.3 is 5.97 Å². The molecular formula is C12H15NO5. The van der Waals surface area contributed by atoms with Gasteiger partial charge in [0.25, 0.3) is 5.91 Å². The number of hydrogen-bond acceptors (Lipinski definition) is 4. The average Bonchev–Trinajstić information content (AvgIpc) is 2.36. The lowest BCUT2D eigenvalue weighted by molar-refractivity contribution is -0.141. The summed E-state index contributed by atoms with van der Waals surface area (Å²) in [5.74, 6) is -1.83. The number of benzene rings is 1. The van der Waals surface area contributed by atoms with E-state index >= 15 is 0 Å². The number of rotatable bonds is 4. The lowest BCUT2D eigenvalue weighted by Crippen LogP contribution is -2.40. The van der Waals surface area contributed by atoms with Crippen molar-refractivity contribution in [3.63, 3.8) is 0 Å². The summed E-state index contributed by atoms with van der Waals surface area (Å²) < 4.78 is 4.89. The molecule has 1 atom stereocenters. The summed E-state index contributed by atoms with van der Waals surface area (Å²) in [5, 5.41) is 18.6. The first-order valence-corrected chi connectivity index (χ1v) is 5.26. The van der Waals surface area contributed by atoms with Crippen LogP contribution in [-0.4, -0.2) is 47.2 Å². The molecule has 1 aromatic carbocycles. The molecule has 0 aliphatic rings. The third kappa shape index (κ3) is 2.53. The number of para-hydroxylation sites is 1. The molecule has 0 aliphatic heterocycles. The van der Waals surface area contributed by atoms with Crippen LogP contribution in [0, 0.1) is 0 Å². The van der Waals surface area contributed by atoms with E-state index in [-0.39, 0.29) is 17.1 Å². The normalized spacial score (nSPS) is 11.7. The molecule has 18 heavy (non-hydrogen) atoms. The third-order valence-electron chi connectivity index (χ3n) is 2.71. The minimum Gasteiger partial charge on any atom is -0.504 e. The Morgan fingerprint density at radius 3 is 2.50 bits per heavy atom. The molecule has 1 rings (SSSR count). The van der Waals surface area contributed by atoms with E-state index in [9.17, 15) is 14.7 Å². The Kier molecular flexibility index (Phi) is 4.14. The van der Waals surface area contributed by atoms with Crippen molar-refractivity contribution in [1.82, 2.24) is 4.90 Å². The van der Waals surface area contributed by atoms with E-state index < -0.39 is 17.9 Å². The van der Waals surface area contributed by atoms with Gasteiger partial charge in [0.1, 0.15) is 6.04 Å². The van der Waals surface area contributed by atoms with E-state index in [1.54, 1.807) is 6.07 Å². The molecule has 0 aromatic heterocycles. The van der Waals surface area contributed by atoms with Crippen molar-refractivity contribution in [3.8, 4) is 11.5 Å². The molecule has 98 valence electrons. The smallest absolute Gasteiger partial charge is 0.326 e. The van der Waals surface area contributed by atoms with Crippen molar-refractivity contribution in [3.05, 3.63) is 23.8 Å². The molecule has 6 nitrogen and oxygen atoms in total. The van der Waals surface area contributed by atoms with E-state index in [1.165, 1.54) is 33.2 Å². The Bertz CT molecular complexity index is 472. The lowest BCUT2D eigenvalue weighted by Gasteiger charge is -2.22. The van der Waals surface area contributed by atoms with Crippen molar-refractivity contribution >= 4 is 11.9 Å². The highest BCUT2D eigenvalue weighted by atomic mass is 16.5. The molecule has 0 bridgehead atoms. The standard InChI is InChI=1S/C12H15NO5/c1-7(12(16)17)13(2)11(15)8-5-4-6-9(18-3)10(8)14/h4-7,14H,1-3H3,(H,16,17). The molecule has 1 aromatic rings. The van der Waals surface area contributed by atoms with Gasteiger partial charge in [0, 0.05) is 7.05 Å². The number of phenols is 1. The number of likely N-dealkylation sites (N-methyl/N-ethyl adjacent to an activating group) is 1. The van der Waals surface area contributed by atoms with Gasteiger partial charge < -0.3 is 19.8 Å². The van der Waals surface area contributed by atoms with Crippen LogP contribution in [0.5, 0.6) is 11.5 Å². The fourth-order valence-corrected chi connectivity index (χ4v) is 1.39. The van der Waals surface area contributed by atoms with Gasteiger partial charge in [-0.2, -0.15) is 0 Å². The first-order valence-electron chi connectivity index (χ1n) is 5.26. The molecule has 0 aliphatic carbocycles. The number of phenolic OH excluding ortho intramolecular Hbond substituents is 1. The van der Waals surface area contributed by atoms with Crippen LogP contribution >= 0.6 is 0 Å². The van der Waals surface area contributed by atoms with Crippen molar-refractivity contribution in [1.29, 1.82) is 0 Å². The van der Waals surface area contributed by atoms with Crippen molar-refractivity contribution in [2.24, 2.45) is 0 Å². The van der Waals surface area contributed by atoms with Gasteiger partial charge in [-0.1, -0.05) is 6.07 Å². The Labute approximate surface area is 104 Å². The predicted octanol–water partition coefficient (Wildman–Crippen LogP) is 0.946. The van der Waals surface area contributed by atoms with Gasteiger partial charge in [0.05, 0.1) is 12.7 Å². The van der Waals surface area contributed by atoms with E-state index in [1.807, 2.05) is 0 Å². The number of hydrogen-bond donors (Lipinski definition) is 2. The Hall–Kier alpha value is -2.24. The Morgan fingerprint density at radius 2 is 2.00 bits per heavy atom. The van der Waals surface area contributed by atoms with Gasteiger partial charge in [0.2, 0.25) is 0 Å². The highest BCUT2D eigenvalue weighted by Gasteiger charge is 2.25. The van der Waals surface area contributed by atoms with E-state index in [2.05, 4.69) is 0 Å². The van der Waals surface area contributed by atoms with Crippen molar-refractivity contribution < 1.29 is 24.5 Å². The number of carbonyl (C=O) groups excluding carboxylic acids is 1. The first kappa shape index (κ1) is 13.8. The van der Waals surface area contributed by atoms with Crippen molar-refractivity contribution in [2.45, 2.75) is 13.0 Å². The summed E-state index contributed by atoms with van der Waals surface area (Å²) in [7, 11) is 2.73. The first-order chi connectivity index (χ1) is 8.40. The molecule has 0 spiro atoms. The van der Waals surface area contributed by atoms with Crippen LogP contribution in [-0.2, 0) is 4.79 Å². The van der Waals surface area contributed by atoms with Gasteiger partial charge in [-0.05, 0) is 19.1 Å². The maximum atomic E-state index is 12.0. The largest absolute Gasteiger partial charge is 0.504 e. The van der Waals surface area contributed by atoms with Gasteiger partial charge in [-0.25, -0.2) is 4.79 Å². The second-order valence-corrected chi connectivity index (χ2v) is 3.79. The van der Waals surface area contributed by atoms with Crippen LogP contribution in [0.3, 0.4) is 0 Å². The zero-order chi connectivity index (χ0) is 13.9. The maximum Gasteiger partial charge on any atom is 0.326 e. The summed E-state index contributed by atoms with van der Waals surface area (Å²) in [6.45, 7) is 1.39. The number of aliphatic carboxylic acids is 1. The number of ether oxygens (including phenoxy) is 1. The Balaban J connectivity index is 3.08. The number of carboxylic acid groups (broad SMARTS) is 1. The van der Waals surface area contributed by atoms with Gasteiger partial charge in [-0.15, -0.1) is 0 Å². The van der Waals surface area contributed by atoms with Crippen LogP contribution in [0.25, 0.3) is 0 Å². The number of nitrogens with zero attached hydrogens (tertiary/aromatic N) is 1. The fraction of sp³-hybridized carbons (Fsp3) is 0.333. The minimum absolute atomic E-state index is 0.00458. The molecule has 0 saturated heterocycles. The third-order valence-corrected chi connectivity index (χ3v) is 2.71. The number of amides is 1. The number of aromatic hydroxyl groups is 1. The highest BCUT2D eigenvalue weighted by Crippen LogP contribution is 2.30. The van der Waals surface area contributed by atoms with Crippen LogP contribution in [0.1, 0.15) is 17.3 Å². The molecule has 1 amide bonds. The Morgan fingerprint density at radius 1 is 1.39 bits per heavy atom. The summed E-state index contributed by atoms with van der Waals surface area (Å²) in [6, 6.07) is 3.48. The SMILES string of the molecule is COc1cccc(C(=O)N(C)C(C)C(=O)O)c1O. The number of carboxylic acids is 1. The average molecular weight is 253 g/mol. The topological polar surface area (TPSA) is 87.1 Å². The monoisotopic (exact) mass is 253 g/mol. The maximum absolute atomic E-state index is 12.0. The van der Waals surface area contributed by atoms with Crippen LogP contribution in [0.2, 0.25) is 0 Å². The molecular weight excluding hydrogens is 238 g/mol. The van der Waals surface area contributed by atoms with Crippen LogP contribution in [0.15, 0.2) is 18.2 Å². The molecule has 0 saturated carbocycles. The zero-order valence-electron chi connectivity index (χ0n) is 10.4. The van der Waals surface area contributed by atoms with Gasteiger partial charge in [0.15, 0.2) is 11.5 Å². The summed E-state index contributed by atoms with van der Waals surface area (Å²) >= 11 is 0. The summed E-state index contributed by atoms with van der Waals surface area (Å²) in [4.78, 5) is 23.9. The second kappa shape index (κ2) is 5.39. The number of methoxy groups -OCH3 is 1. The summed E-state index contributed by atoms with van der Waals surface area (Å²) in [6.07, 6.45) is 0. The molecule has 0 heterocycles. The second-order valence-electron chi connectivity index (χ2n) is 3.79. The lowest BCUT2D eigenvalue weighted by atomic mass is 10.1. The fourth-order valence-electron chi connectivity index (χ4n) is 1.39. The molecule has 2 N–H and O–H groups in total. The quantitative estimate of drug-likeness (QED) is 0.834. The molecule has 1 unspecified atom stereocenters. The molecule has 6 heteroatoms. The predicted molar refractivity (Wildman–Crippen MR) is 63.9 cm³/mol. The van der Waals surface area contributed by atoms with Crippen LogP contribution in [0.4, 0.5) is 0 Å². The van der Waals surface area contributed by atoms with E-state index in [0.717, 1.165) is 4.90 Å². The number of carbonyl (C=O) groups is 2. The zero-order valence-corrected chi connectivity index (χ0v) is 10.4.